The molecule has 0 aromatic rings. The van der Waals surface area contributed by atoms with E-state index in [9.17, 15) is 9.59 Å². The highest BCUT2D eigenvalue weighted by Crippen LogP contribution is 2.74. The molecule has 5 rings (SSSR count). The summed E-state index contributed by atoms with van der Waals surface area (Å²) in [6, 6.07) is 0. The molecule has 10 unspecified atom stereocenters. The molecule has 4 bridgehead atoms. The van der Waals surface area contributed by atoms with Crippen LogP contribution in [-0.2, 0) is 9.59 Å². The zero-order valence-electron chi connectivity index (χ0n) is 11.3. The molecule has 2 nitrogen and oxygen atoms in total. The van der Waals surface area contributed by atoms with Crippen molar-refractivity contribution < 1.29 is 9.59 Å². The quantitative estimate of drug-likeness (QED) is 0.563. The predicted molar refractivity (Wildman–Crippen MR) is 70.1 cm³/mol. The lowest BCUT2D eigenvalue weighted by Gasteiger charge is -2.43. The third-order valence-corrected chi connectivity index (χ3v) is 7.93. The van der Waals surface area contributed by atoms with Gasteiger partial charge in [-0.1, -0.05) is 0 Å². The third kappa shape index (κ3) is 1.12. The molecule has 0 saturated heterocycles. The third-order valence-electron chi connectivity index (χ3n) is 7.93. The van der Waals surface area contributed by atoms with Crippen LogP contribution in [0.15, 0.2) is 0 Å². The lowest BCUT2D eigenvalue weighted by molar-refractivity contribution is -0.116. The summed E-state index contributed by atoms with van der Waals surface area (Å²) >= 11 is 0. The van der Waals surface area contributed by atoms with Crippen molar-refractivity contribution in [2.75, 3.05) is 0 Å². The second kappa shape index (κ2) is 3.51. The molecule has 5 aliphatic rings. The van der Waals surface area contributed by atoms with Gasteiger partial charge in [-0.2, -0.15) is 0 Å². The van der Waals surface area contributed by atoms with Crippen molar-refractivity contribution in [2.45, 2.75) is 32.1 Å². The highest BCUT2D eigenvalue weighted by atomic mass is 16.1. The van der Waals surface area contributed by atoms with Gasteiger partial charge in [0.2, 0.25) is 0 Å². The van der Waals surface area contributed by atoms with Crippen molar-refractivity contribution in [3.8, 4) is 0 Å². The van der Waals surface area contributed by atoms with E-state index < -0.39 is 0 Å². The van der Waals surface area contributed by atoms with Crippen LogP contribution < -0.4 is 0 Å². The van der Waals surface area contributed by atoms with Crippen LogP contribution >= 0.6 is 0 Å². The molecule has 5 aliphatic carbocycles. The van der Waals surface area contributed by atoms with Gasteiger partial charge in [-0.15, -0.1) is 0 Å². The molecular weight excluding hydrogens is 236 g/mol. The molecule has 0 aliphatic heterocycles. The van der Waals surface area contributed by atoms with Crippen LogP contribution in [0.3, 0.4) is 0 Å². The van der Waals surface area contributed by atoms with E-state index in [0.29, 0.717) is 23.7 Å². The summed E-state index contributed by atoms with van der Waals surface area (Å²) in [6.45, 7) is 0. The van der Waals surface area contributed by atoms with Gasteiger partial charge in [0.25, 0.3) is 0 Å². The number of carbonyl (C=O) groups is 2. The van der Waals surface area contributed by atoms with Gasteiger partial charge in [-0.05, 0) is 79.4 Å². The molecule has 0 aromatic carbocycles. The molecule has 10 atom stereocenters. The van der Waals surface area contributed by atoms with Crippen molar-refractivity contribution in [2.24, 2.45) is 59.2 Å². The zero-order chi connectivity index (χ0) is 12.7. The van der Waals surface area contributed by atoms with E-state index in [-0.39, 0.29) is 0 Å². The molecule has 2 heteroatoms. The maximum atomic E-state index is 11.3. The minimum Gasteiger partial charge on any atom is -0.303 e. The molecule has 0 spiro atoms. The number of rotatable bonds is 2. The Morgan fingerprint density at radius 1 is 0.632 bits per heavy atom. The van der Waals surface area contributed by atoms with Gasteiger partial charge in [0.15, 0.2) is 0 Å². The van der Waals surface area contributed by atoms with Gasteiger partial charge in [-0.25, -0.2) is 0 Å². The second-order valence-corrected chi connectivity index (χ2v) is 8.03. The normalized spacial score (nSPS) is 64.2. The van der Waals surface area contributed by atoms with E-state index in [1.54, 1.807) is 0 Å². The summed E-state index contributed by atoms with van der Waals surface area (Å²) in [4.78, 5) is 22.6. The van der Waals surface area contributed by atoms with Crippen LogP contribution in [0, 0.1) is 59.2 Å². The Bertz CT molecular complexity index is 445. The van der Waals surface area contributed by atoms with Crippen molar-refractivity contribution in [3.63, 3.8) is 0 Å². The minimum atomic E-state index is 0.356. The number of carbonyl (C=O) groups excluding carboxylic acids is 2. The number of fused-ring (bicyclic) bond motifs is 12. The molecule has 19 heavy (non-hydrogen) atoms. The molecule has 0 heterocycles. The summed E-state index contributed by atoms with van der Waals surface area (Å²) in [7, 11) is 0. The van der Waals surface area contributed by atoms with Crippen LogP contribution in [0.4, 0.5) is 0 Å². The maximum Gasteiger partial charge on any atom is 0.123 e. The molecule has 5 fully saturated rings. The van der Waals surface area contributed by atoms with E-state index in [2.05, 4.69) is 0 Å². The van der Waals surface area contributed by atoms with Crippen molar-refractivity contribution >= 4 is 12.6 Å². The fraction of sp³-hybridized carbons (Fsp3) is 0.882. The van der Waals surface area contributed by atoms with Gasteiger partial charge in [0.05, 0.1) is 0 Å². The summed E-state index contributed by atoms with van der Waals surface area (Å²) in [5, 5.41) is 0. The second-order valence-electron chi connectivity index (χ2n) is 8.03. The first-order valence-corrected chi connectivity index (χ1v) is 8.24. The van der Waals surface area contributed by atoms with Gasteiger partial charge < -0.3 is 9.59 Å². The Balaban J connectivity index is 1.52. The van der Waals surface area contributed by atoms with Gasteiger partial charge in [0, 0.05) is 11.8 Å². The summed E-state index contributed by atoms with van der Waals surface area (Å²) < 4.78 is 0. The Morgan fingerprint density at radius 3 is 2.26 bits per heavy atom. The highest BCUT2D eigenvalue weighted by Gasteiger charge is 2.68. The molecule has 0 aromatic heterocycles. The monoisotopic (exact) mass is 258 g/mol. The fourth-order valence-corrected chi connectivity index (χ4v) is 7.78. The number of aldehydes is 2. The van der Waals surface area contributed by atoms with E-state index in [1.807, 2.05) is 0 Å². The highest BCUT2D eigenvalue weighted by molar-refractivity contribution is 5.57. The van der Waals surface area contributed by atoms with Crippen molar-refractivity contribution in [1.82, 2.24) is 0 Å². The average Bonchev–Trinajstić information content (AvgIpc) is 3.18. The summed E-state index contributed by atoms with van der Waals surface area (Å²) in [5.74, 6) is 7.33. The Kier molecular flexibility index (Phi) is 2.04. The first kappa shape index (κ1) is 11.0. The topological polar surface area (TPSA) is 34.1 Å². The smallest absolute Gasteiger partial charge is 0.123 e. The minimum absolute atomic E-state index is 0.356. The van der Waals surface area contributed by atoms with Crippen molar-refractivity contribution in [1.29, 1.82) is 0 Å². The lowest BCUT2D eigenvalue weighted by atomic mass is 9.61. The average molecular weight is 258 g/mol. The zero-order valence-corrected chi connectivity index (χ0v) is 11.3. The molecular formula is C17H22O2. The predicted octanol–water partition coefficient (Wildman–Crippen LogP) is 2.56. The van der Waals surface area contributed by atoms with Gasteiger partial charge in [-0.3, -0.25) is 0 Å². The molecule has 0 amide bonds. The van der Waals surface area contributed by atoms with Gasteiger partial charge >= 0.3 is 0 Å². The van der Waals surface area contributed by atoms with Crippen molar-refractivity contribution in [3.05, 3.63) is 0 Å². The van der Waals surface area contributed by atoms with E-state index >= 15 is 0 Å². The molecule has 5 saturated carbocycles. The molecule has 0 N–H and O–H groups in total. The van der Waals surface area contributed by atoms with Crippen LogP contribution in [0.25, 0.3) is 0 Å². The van der Waals surface area contributed by atoms with Crippen LogP contribution in [0.2, 0.25) is 0 Å². The van der Waals surface area contributed by atoms with Crippen LogP contribution in [-0.4, -0.2) is 12.6 Å². The van der Waals surface area contributed by atoms with E-state index in [4.69, 9.17) is 0 Å². The standard InChI is InChI=1S/C17H22O2/c18-6-8-1-2-11-13-5-14(15(8)11)17-12-4-9(16(13)17)3-10(12)7-19/h6-17H,1-5H2. The SMILES string of the molecule is O=CC1CC2CC1C1C3CC(C4CCC(C=O)C43)C21. The summed E-state index contributed by atoms with van der Waals surface area (Å²) in [6.07, 6.45) is 8.88. The van der Waals surface area contributed by atoms with Crippen LogP contribution in [0.5, 0.6) is 0 Å². The Morgan fingerprint density at radius 2 is 1.47 bits per heavy atom. The van der Waals surface area contributed by atoms with E-state index in [0.717, 1.165) is 41.9 Å². The van der Waals surface area contributed by atoms with E-state index in [1.165, 1.54) is 38.3 Å². The van der Waals surface area contributed by atoms with Gasteiger partial charge in [0.1, 0.15) is 12.6 Å². The van der Waals surface area contributed by atoms with Crippen LogP contribution in [0.1, 0.15) is 32.1 Å². The number of hydrogen-bond donors (Lipinski definition) is 0. The molecule has 0 radical (unpaired) electrons. The molecule has 102 valence electrons. The Hall–Kier alpha value is -0.660. The lowest BCUT2D eigenvalue weighted by Crippen LogP contribution is -2.40. The fourth-order valence-electron chi connectivity index (χ4n) is 7.78. The largest absolute Gasteiger partial charge is 0.303 e. The maximum absolute atomic E-state index is 11.3. The number of hydrogen-bond acceptors (Lipinski definition) is 2. The summed E-state index contributed by atoms with van der Waals surface area (Å²) in [5.41, 5.74) is 0. The first-order valence-electron chi connectivity index (χ1n) is 8.24. The Labute approximate surface area is 114 Å². The first-order chi connectivity index (χ1) is 9.33.